The minimum atomic E-state index is -3.04. The Bertz CT molecular complexity index is 1060. The molecule has 0 radical (unpaired) electrons. The topological polar surface area (TPSA) is 26.3 Å². The molecule has 0 heterocycles. The molecule has 31 heavy (non-hydrogen) atoms. The summed E-state index contributed by atoms with van der Waals surface area (Å²) in [4.78, 5) is 11.9. The summed E-state index contributed by atoms with van der Waals surface area (Å²) in [5.41, 5.74) is 1.71. The standard InChI is InChI=1S/C27H24BrO2P/c1-30-27(29)23-19-17-22(18-20-23)21-31(28,24-11-5-2-6-12-24,25-13-7-3-8-14-25)26-15-9-4-10-16-26/h2-20H,21H2,1H3. The van der Waals surface area contributed by atoms with Gasteiger partial charge < -0.3 is 0 Å². The van der Waals surface area contributed by atoms with E-state index >= 15 is 0 Å². The van der Waals surface area contributed by atoms with E-state index in [9.17, 15) is 4.79 Å². The van der Waals surface area contributed by atoms with Crippen LogP contribution < -0.4 is 15.9 Å². The molecule has 0 saturated heterocycles. The van der Waals surface area contributed by atoms with E-state index in [2.05, 4.69) is 106 Å². The van der Waals surface area contributed by atoms with Gasteiger partial charge in [0.15, 0.2) is 0 Å². The number of esters is 1. The van der Waals surface area contributed by atoms with Crippen molar-refractivity contribution in [3.8, 4) is 0 Å². The Balaban J connectivity index is 1.98. The third kappa shape index (κ3) is 3.84. The predicted octanol–water partition coefficient (Wildman–Crippen LogP) is 5.81. The third-order valence-electron chi connectivity index (χ3n) is 5.74. The Kier molecular flexibility index (Phi) is 6.09. The average molecular weight is 491 g/mol. The quantitative estimate of drug-likeness (QED) is 0.251. The molecule has 0 amide bonds. The average Bonchev–Trinajstić information content (AvgIpc) is 2.85. The van der Waals surface area contributed by atoms with Gasteiger partial charge in [0.05, 0.1) is 0 Å². The maximum absolute atomic E-state index is 11.9. The van der Waals surface area contributed by atoms with Gasteiger partial charge in [-0.2, -0.15) is 0 Å². The molecule has 4 aromatic carbocycles. The van der Waals surface area contributed by atoms with Crippen LogP contribution in [0, 0.1) is 0 Å². The summed E-state index contributed by atoms with van der Waals surface area (Å²) in [6.07, 6.45) is 0.783. The summed E-state index contributed by atoms with van der Waals surface area (Å²) in [7, 11) is 1.40. The number of methoxy groups -OCH3 is 1. The van der Waals surface area contributed by atoms with Gasteiger partial charge in [-0.1, -0.05) is 0 Å². The number of hydrogen-bond acceptors (Lipinski definition) is 2. The molecule has 0 aliphatic rings. The van der Waals surface area contributed by atoms with E-state index in [1.807, 2.05) is 24.3 Å². The van der Waals surface area contributed by atoms with E-state index in [0.717, 1.165) is 11.7 Å². The van der Waals surface area contributed by atoms with Crippen molar-refractivity contribution in [2.24, 2.45) is 0 Å². The van der Waals surface area contributed by atoms with Crippen molar-refractivity contribution in [3.05, 3.63) is 126 Å². The molecule has 2 nitrogen and oxygen atoms in total. The normalized spacial score (nSPS) is 12.5. The molecule has 4 aromatic rings. The van der Waals surface area contributed by atoms with Crippen LogP contribution in [0.4, 0.5) is 0 Å². The van der Waals surface area contributed by atoms with Crippen LogP contribution in [-0.2, 0) is 10.9 Å². The summed E-state index contributed by atoms with van der Waals surface area (Å²) in [6, 6.07) is 39.8. The Morgan fingerprint density at radius 3 is 1.42 bits per heavy atom. The van der Waals surface area contributed by atoms with Gasteiger partial charge in [-0.25, -0.2) is 0 Å². The molecule has 0 unspecified atom stereocenters. The van der Waals surface area contributed by atoms with E-state index < -0.39 is 5.31 Å². The molecule has 0 aliphatic carbocycles. The summed E-state index contributed by atoms with van der Waals surface area (Å²) in [5.74, 6) is -0.322. The first kappa shape index (κ1) is 21.5. The van der Waals surface area contributed by atoms with Crippen LogP contribution in [-0.4, -0.2) is 13.1 Å². The van der Waals surface area contributed by atoms with Crippen LogP contribution in [0.15, 0.2) is 115 Å². The van der Waals surface area contributed by atoms with Crippen LogP contribution in [0.3, 0.4) is 0 Å². The fourth-order valence-electron chi connectivity index (χ4n) is 4.14. The van der Waals surface area contributed by atoms with Crippen LogP contribution in [0.25, 0.3) is 0 Å². The SMILES string of the molecule is COC(=O)c1ccc(CP(Br)(c2ccccc2)(c2ccccc2)c2ccccc2)cc1. The monoisotopic (exact) mass is 490 g/mol. The van der Waals surface area contributed by atoms with E-state index in [4.69, 9.17) is 4.74 Å². The summed E-state index contributed by atoms with van der Waals surface area (Å²) in [6.45, 7) is 0. The number of rotatable bonds is 6. The van der Waals surface area contributed by atoms with Crippen LogP contribution in [0.1, 0.15) is 15.9 Å². The zero-order valence-corrected chi connectivity index (χ0v) is 19.8. The van der Waals surface area contributed by atoms with Crippen molar-refractivity contribution < 1.29 is 9.53 Å². The van der Waals surface area contributed by atoms with Gasteiger partial charge >= 0.3 is 192 Å². The van der Waals surface area contributed by atoms with Crippen molar-refractivity contribution in [3.63, 3.8) is 0 Å². The van der Waals surface area contributed by atoms with Crippen LogP contribution >= 0.6 is 20.8 Å². The zero-order valence-electron chi connectivity index (χ0n) is 17.3. The minimum absolute atomic E-state index is 0.322. The van der Waals surface area contributed by atoms with Gasteiger partial charge in [0.1, 0.15) is 0 Å². The molecule has 0 atom stereocenters. The van der Waals surface area contributed by atoms with E-state index in [1.165, 1.54) is 23.0 Å². The van der Waals surface area contributed by atoms with Gasteiger partial charge in [-0.15, -0.1) is 0 Å². The molecule has 0 aliphatic heterocycles. The van der Waals surface area contributed by atoms with Gasteiger partial charge in [0, 0.05) is 0 Å². The second-order valence-electron chi connectivity index (χ2n) is 7.54. The Labute approximate surface area is 191 Å². The fraction of sp³-hybridized carbons (Fsp3) is 0.0741. The first-order chi connectivity index (χ1) is 15.1. The second-order valence-corrected chi connectivity index (χ2v) is 16.5. The number of carbonyl (C=O) groups is 1. The molecule has 0 saturated carbocycles. The third-order valence-corrected chi connectivity index (χ3v) is 15.3. The molecule has 0 aromatic heterocycles. The molecule has 0 bridgehead atoms. The Morgan fingerprint density at radius 2 is 1.06 bits per heavy atom. The van der Waals surface area contributed by atoms with Crippen molar-refractivity contribution in [1.82, 2.24) is 0 Å². The first-order valence-corrected chi connectivity index (χ1v) is 14.6. The summed E-state index contributed by atoms with van der Waals surface area (Å²) >= 11 is 4.45. The molecule has 0 fully saturated rings. The van der Waals surface area contributed by atoms with Gasteiger partial charge in [0.2, 0.25) is 0 Å². The molecule has 4 heteroatoms. The maximum atomic E-state index is 11.9. The predicted molar refractivity (Wildman–Crippen MR) is 136 cm³/mol. The van der Waals surface area contributed by atoms with Crippen molar-refractivity contribution in [2.75, 3.05) is 7.11 Å². The molecule has 156 valence electrons. The Morgan fingerprint density at radius 1 is 0.677 bits per heavy atom. The zero-order chi connectivity index (χ0) is 21.8. The molecular formula is C27H24BrO2P. The van der Waals surface area contributed by atoms with E-state index in [1.54, 1.807) is 0 Å². The van der Waals surface area contributed by atoms with Crippen molar-refractivity contribution >= 4 is 42.7 Å². The summed E-state index contributed by atoms with van der Waals surface area (Å²) < 4.78 is 4.86. The molecule has 4 rings (SSSR count). The fourth-order valence-corrected chi connectivity index (χ4v) is 11.9. The van der Waals surface area contributed by atoms with Crippen molar-refractivity contribution in [1.29, 1.82) is 0 Å². The number of benzene rings is 4. The first-order valence-electron chi connectivity index (χ1n) is 10.1. The van der Waals surface area contributed by atoms with Gasteiger partial charge in [-0.3, -0.25) is 0 Å². The van der Waals surface area contributed by atoms with E-state index in [0.29, 0.717) is 5.56 Å². The number of carbonyl (C=O) groups excluding carboxylic acids is 1. The molecular weight excluding hydrogens is 467 g/mol. The van der Waals surface area contributed by atoms with Crippen LogP contribution in [0.5, 0.6) is 0 Å². The number of ether oxygens (including phenoxy) is 1. The summed E-state index contributed by atoms with van der Waals surface area (Å²) in [5, 5.41) is 0.761. The van der Waals surface area contributed by atoms with Gasteiger partial charge in [-0.05, 0) is 0 Å². The molecule has 0 spiro atoms. The Hall–Kier alpha value is -2.74. The van der Waals surface area contributed by atoms with Gasteiger partial charge in [0.25, 0.3) is 0 Å². The number of hydrogen-bond donors (Lipinski definition) is 0. The second kappa shape index (κ2) is 8.78. The number of halogens is 1. The van der Waals surface area contributed by atoms with Crippen LogP contribution in [0.2, 0.25) is 0 Å². The van der Waals surface area contributed by atoms with E-state index in [-0.39, 0.29) is 5.97 Å². The van der Waals surface area contributed by atoms with Crippen molar-refractivity contribution in [2.45, 2.75) is 6.16 Å². The molecule has 0 N–H and O–H groups in total.